The molecule has 1 aliphatic heterocycles. The van der Waals surface area contributed by atoms with E-state index in [-0.39, 0.29) is 36.7 Å². The van der Waals surface area contributed by atoms with Gasteiger partial charge in [0.05, 0.1) is 25.1 Å². The number of benzene rings is 1. The molecule has 1 aromatic carbocycles. The number of amides is 2. The highest BCUT2D eigenvalue weighted by molar-refractivity contribution is 5.98. The molecule has 1 aliphatic rings. The average Bonchev–Trinajstić information content (AvgIpc) is 3.09. The van der Waals surface area contributed by atoms with Crippen molar-refractivity contribution < 1.29 is 23.5 Å². The molecule has 2 aromatic rings. The van der Waals surface area contributed by atoms with E-state index in [1.165, 1.54) is 0 Å². The van der Waals surface area contributed by atoms with Gasteiger partial charge in [-0.25, -0.2) is 9.78 Å². The van der Waals surface area contributed by atoms with Crippen molar-refractivity contribution in [2.75, 3.05) is 19.7 Å². The van der Waals surface area contributed by atoms with Crippen molar-refractivity contribution >= 4 is 17.8 Å². The fourth-order valence-corrected chi connectivity index (χ4v) is 3.62. The van der Waals surface area contributed by atoms with E-state index in [9.17, 15) is 14.4 Å². The average molecular weight is 428 g/mol. The minimum atomic E-state index is -0.324. The number of hydrogen-bond acceptors (Lipinski definition) is 6. The number of oxazole rings is 1. The van der Waals surface area contributed by atoms with Crippen molar-refractivity contribution in [3.05, 3.63) is 41.3 Å². The van der Waals surface area contributed by atoms with Crippen molar-refractivity contribution in [1.29, 1.82) is 0 Å². The summed E-state index contributed by atoms with van der Waals surface area (Å²) in [6, 6.07) is 7.74. The molecular weight excluding hydrogens is 398 g/mol. The Morgan fingerprint density at radius 2 is 1.97 bits per heavy atom. The summed E-state index contributed by atoms with van der Waals surface area (Å²) < 4.78 is 10.7. The molecule has 0 aliphatic carbocycles. The van der Waals surface area contributed by atoms with E-state index < -0.39 is 0 Å². The van der Waals surface area contributed by atoms with Crippen LogP contribution in [-0.4, -0.2) is 53.4 Å². The first-order valence-electron chi connectivity index (χ1n) is 10.6. The third kappa shape index (κ3) is 6.16. The quantitative estimate of drug-likeness (QED) is 0.681. The molecule has 0 spiro atoms. The van der Waals surface area contributed by atoms with Crippen molar-refractivity contribution in [3.8, 4) is 11.5 Å². The third-order valence-electron chi connectivity index (χ3n) is 5.27. The van der Waals surface area contributed by atoms with Gasteiger partial charge in [-0.3, -0.25) is 9.59 Å². The summed E-state index contributed by atoms with van der Waals surface area (Å²) in [4.78, 5) is 42.5. The second-order valence-electron chi connectivity index (χ2n) is 7.81. The molecule has 3 rings (SSSR count). The van der Waals surface area contributed by atoms with Crippen molar-refractivity contribution in [2.45, 2.75) is 52.5 Å². The molecule has 0 saturated carbocycles. The van der Waals surface area contributed by atoms with Gasteiger partial charge in [-0.05, 0) is 45.7 Å². The molecule has 1 fully saturated rings. The van der Waals surface area contributed by atoms with Gasteiger partial charge in [-0.2, -0.15) is 0 Å². The Morgan fingerprint density at radius 1 is 1.23 bits per heavy atom. The van der Waals surface area contributed by atoms with Gasteiger partial charge in [0.2, 0.25) is 11.8 Å². The zero-order valence-electron chi connectivity index (χ0n) is 18.3. The molecule has 31 heavy (non-hydrogen) atoms. The molecule has 0 unspecified atom stereocenters. The number of piperidine rings is 1. The maximum atomic E-state index is 12.4. The molecule has 0 atom stereocenters. The summed E-state index contributed by atoms with van der Waals surface area (Å²) in [7, 11) is 0. The zero-order valence-corrected chi connectivity index (χ0v) is 18.3. The lowest BCUT2D eigenvalue weighted by Crippen LogP contribution is -2.47. The number of likely N-dealkylation sites (tertiary alicyclic amines) is 1. The van der Waals surface area contributed by atoms with Crippen LogP contribution in [0.2, 0.25) is 0 Å². The highest BCUT2D eigenvalue weighted by Crippen LogP contribution is 2.23. The smallest absolute Gasteiger partial charge is 0.409 e. The van der Waals surface area contributed by atoms with Crippen LogP contribution in [0, 0.1) is 13.8 Å². The molecule has 1 aromatic heterocycles. The summed E-state index contributed by atoms with van der Waals surface area (Å²) in [5.41, 5.74) is 2.50. The van der Waals surface area contributed by atoms with Crippen LogP contribution in [0.5, 0.6) is 0 Å². The number of nitrogens with one attached hydrogen (secondary N) is 1. The first kappa shape index (κ1) is 22.5. The monoisotopic (exact) mass is 427 g/mol. The number of Topliss-reactive ketones (excluding diaryl/α,β-unsaturated/α-hetero) is 1. The summed E-state index contributed by atoms with van der Waals surface area (Å²) in [5, 5.41) is 2.90. The number of carbonyl (C=O) groups excluding carboxylic acids is 3. The summed E-state index contributed by atoms with van der Waals surface area (Å²) in [5.74, 6) is 0.534. The third-order valence-corrected chi connectivity index (χ3v) is 5.27. The van der Waals surface area contributed by atoms with Gasteiger partial charge in [-0.1, -0.05) is 17.7 Å². The minimum absolute atomic E-state index is 0.0484. The molecular formula is C23H29N3O5. The van der Waals surface area contributed by atoms with Gasteiger partial charge in [0.15, 0.2) is 0 Å². The molecule has 8 heteroatoms. The van der Waals surface area contributed by atoms with Crippen LogP contribution in [0.1, 0.15) is 43.2 Å². The zero-order chi connectivity index (χ0) is 22.4. The van der Waals surface area contributed by atoms with E-state index in [0.29, 0.717) is 49.9 Å². The van der Waals surface area contributed by atoms with E-state index in [1.807, 2.05) is 31.2 Å². The van der Waals surface area contributed by atoms with Crippen LogP contribution in [-0.2, 0) is 20.7 Å². The largest absolute Gasteiger partial charge is 0.450 e. The molecule has 0 bridgehead atoms. The number of aromatic nitrogens is 1. The normalized spacial score (nSPS) is 14.4. The number of ether oxygens (including phenoxy) is 1. The lowest BCUT2D eigenvalue weighted by molar-refractivity contribution is -0.128. The first-order chi connectivity index (χ1) is 14.9. The molecule has 2 heterocycles. The van der Waals surface area contributed by atoms with Crippen LogP contribution in [0.15, 0.2) is 28.7 Å². The predicted octanol–water partition coefficient (Wildman–Crippen LogP) is 3.20. The molecule has 1 N–H and O–H groups in total. The van der Waals surface area contributed by atoms with Gasteiger partial charge in [-0.15, -0.1) is 0 Å². The lowest BCUT2D eigenvalue weighted by atomic mass is 10.0. The van der Waals surface area contributed by atoms with Gasteiger partial charge < -0.3 is 19.4 Å². The van der Waals surface area contributed by atoms with Crippen LogP contribution >= 0.6 is 0 Å². The number of aryl methyl sites for hydroxylation is 2. The van der Waals surface area contributed by atoms with E-state index in [2.05, 4.69) is 10.3 Å². The molecule has 2 amide bonds. The number of nitrogens with zero attached hydrogens (tertiary/aromatic N) is 2. The lowest BCUT2D eigenvalue weighted by Gasteiger charge is -2.31. The first-order valence-corrected chi connectivity index (χ1v) is 10.6. The maximum absolute atomic E-state index is 12.4. The highest BCUT2D eigenvalue weighted by Gasteiger charge is 2.25. The number of hydrogen-bond donors (Lipinski definition) is 1. The minimum Gasteiger partial charge on any atom is -0.450 e. The van der Waals surface area contributed by atoms with Gasteiger partial charge in [0.25, 0.3) is 0 Å². The fraction of sp³-hybridized carbons (Fsp3) is 0.478. The Hall–Kier alpha value is -3.16. The predicted molar refractivity (Wildman–Crippen MR) is 115 cm³/mol. The molecule has 8 nitrogen and oxygen atoms in total. The summed E-state index contributed by atoms with van der Waals surface area (Å²) >= 11 is 0. The molecule has 166 valence electrons. The standard InChI is InChI=1S/C23H29N3O5/c1-4-30-23(29)26-10-8-18(9-11-26)24-21(28)14-19(27)13-20-16(3)31-22(25-20)17-7-5-6-15(2)12-17/h5-7,12,18H,4,8-11,13-14H2,1-3H3,(H,24,28). The molecule has 1 saturated heterocycles. The number of ketones is 1. The van der Waals surface area contributed by atoms with E-state index in [1.54, 1.807) is 18.7 Å². The fourth-order valence-electron chi connectivity index (χ4n) is 3.62. The van der Waals surface area contributed by atoms with Gasteiger partial charge in [0.1, 0.15) is 11.5 Å². The Morgan fingerprint density at radius 3 is 2.65 bits per heavy atom. The molecule has 0 radical (unpaired) electrons. The summed E-state index contributed by atoms with van der Waals surface area (Å²) in [6.07, 6.45) is 0.803. The maximum Gasteiger partial charge on any atom is 0.409 e. The number of rotatable bonds is 7. The Balaban J connectivity index is 1.48. The second-order valence-corrected chi connectivity index (χ2v) is 7.81. The van der Waals surface area contributed by atoms with Crippen molar-refractivity contribution in [3.63, 3.8) is 0 Å². The number of carbonyl (C=O) groups is 3. The van der Waals surface area contributed by atoms with Crippen LogP contribution in [0.4, 0.5) is 4.79 Å². The summed E-state index contributed by atoms with van der Waals surface area (Å²) in [6.45, 7) is 6.92. The van der Waals surface area contributed by atoms with E-state index >= 15 is 0 Å². The van der Waals surface area contributed by atoms with Crippen LogP contribution < -0.4 is 5.32 Å². The second kappa shape index (κ2) is 10.2. The van der Waals surface area contributed by atoms with E-state index in [4.69, 9.17) is 9.15 Å². The van der Waals surface area contributed by atoms with Crippen LogP contribution in [0.25, 0.3) is 11.5 Å². The van der Waals surface area contributed by atoms with E-state index in [0.717, 1.165) is 11.1 Å². The topological polar surface area (TPSA) is 102 Å². The van der Waals surface area contributed by atoms with Gasteiger partial charge >= 0.3 is 6.09 Å². The van der Waals surface area contributed by atoms with Crippen molar-refractivity contribution in [2.24, 2.45) is 0 Å². The van der Waals surface area contributed by atoms with Crippen LogP contribution in [0.3, 0.4) is 0 Å². The SMILES string of the molecule is CCOC(=O)N1CCC(NC(=O)CC(=O)Cc2nc(-c3cccc(C)c3)oc2C)CC1. The highest BCUT2D eigenvalue weighted by atomic mass is 16.6. The Bertz CT molecular complexity index is 944. The Kier molecular flexibility index (Phi) is 7.44. The Labute approximate surface area is 182 Å². The van der Waals surface area contributed by atoms with Crippen molar-refractivity contribution in [1.82, 2.24) is 15.2 Å². The van der Waals surface area contributed by atoms with Gasteiger partial charge in [0, 0.05) is 24.7 Å².